The van der Waals surface area contributed by atoms with E-state index in [1.807, 2.05) is 25.7 Å². The lowest BCUT2D eigenvalue weighted by Crippen LogP contribution is -2.50. The zero-order valence-corrected chi connectivity index (χ0v) is 19.7. The minimum atomic E-state index is -0.643. The molecule has 3 N–H and O–H groups in total. The largest absolute Gasteiger partial charge is 0.444 e. The van der Waals surface area contributed by atoms with Gasteiger partial charge in [0, 0.05) is 49.0 Å². The van der Waals surface area contributed by atoms with Crippen molar-refractivity contribution < 1.29 is 14.3 Å². The Bertz CT molecular complexity index is 1000. The summed E-state index contributed by atoms with van der Waals surface area (Å²) in [5.41, 5.74) is 5.91. The van der Waals surface area contributed by atoms with Crippen LogP contribution in [0, 0.1) is 0 Å². The molecule has 0 radical (unpaired) electrons. The molecule has 9 nitrogen and oxygen atoms in total. The lowest BCUT2D eigenvalue weighted by Gasteiger charge is -2.35. The van der Waals surface area contributed by atoms with Crippen LogP contribution in [0.3, 0.4) is 0 Å². The summed E-state index contributed by atoms with van der Waals surface area (Å²) in [5, 5.41) is 4.14. The number of nitrogens with zero attached hydrogens (tertiary/aromatic N) is 4. The van der Waals surface area contributed by atoms with Crippen LogP contribution >= 0.6 is 23.2 Å². The van der Waals surface area contributed by atoms with E-state index in [0.29, 0.717) is 54.5 Å². The highest BCUT2D eigenvalue weighted by molar-refractivity contribution is 6.35. The highest BCUT2D eigenvalue weighted by atomic mass is 35.5. The molecular formula is C21H26Cl2N6O3. The molecule has 0 unspecified atom stereocenters. The Morgan fingerprint density at radius 3 is 2.47 bits per heavy atom. The molecule has 2 amide bonds. The predicted octanol–water partition coefficient (Wildman–Crippen LogP) is 3.55. The SMILES string of the molecule is CC(C)(C)OC(=O)N1CCN(c2ncc(C(N)=O)c(NCc3ccc(Cl)cc3Cl)n2)CC1. The van der Waals surface area contributed by atoms with E-state index in [2.05, 4.69) is 15.3 Å². The number of amides is 2. The highest BCUT2D eigenvalue weighted by Crippen LogP contribution is 2.23. The van der Waals surface area contributed by atoms with Crippen molar-refractivity contribution in [3.8, 4) is 0 Å². The van der Waals surface area contributed by atoms with Gasteiger partial charge < -0.3 is 25.6 Å². The Kier molecular flexibility index (Phi) is 7.30. The van der Waals surface area contributed by atoms with E-state index >= 15 is 0 Å². The molecule has 0 saturated carbocycles. The number of halogens is 2. The van der Waals surface area contributed by atoms with Crippen LogP contribution in [-0.2, 0) is 11.3 Å². The monoisotopic (exact) mass is 480 g/mol. The van der Waals surface area contributed by atoms with Gasteiger partial charge in [-0.15, -0.1) is 0 Å². The van der Waals surface area contributed by atoms with Crippen LogP contribution in [-0.4, -0.2) is 58.6 Å². The molecule has 1 aliphatic heterocycles. The van der Waals surface area contributed by atoms with Gasteiger partial charge in [-0.1, -0.05) is 29.3 Å². The number of carbonyl (C=O) groups excluding carboxylic acids is 2. The minimum Gasteiger partial charge on any atom is -0.444 e. The zero-order chi connectivity index (χ0) is 23.5. The lowest BCUT2D eigenvalue weighted by molar-refractivity contribution is 0.0240. The third kappa shape index (κ3) is 6.14. The zero-order valence-electron chi connectivity index (χ0n) is 18.2. The first kappa shape index (κ1) is 23.9. The number of nitrogens with one attached hydrogen (secondary N) is 1. The molecule has 1 aromatic heterocycles. The maximum atomic E-state index is 12.3. The van der Waals surface area contributed by atoms with Crippen LogP contribution < -0.4 is 16.0 Å². The van der Waals surface area contributed by atoms with Gasteiger partial charge in [0.2, 0.25) is 5.95 Å². The fourth-order valence-corrected chi connectivity index (χ4v) is 3.57. The molecular weight excluding hydrogens is 455 g/mol. The van der Waals surface area contributed by atoms with Crippen molar-refractivity contribution in [3.63, 3.8) is 0 Å². The molecule has 2 heterocycles. The molecule has 172 valence electrons. The number of carbonyl (C=O) groups is 2. The maximum absolute atomic E-state index is 12.3. The van der Waals surface area contributed by atoms with Crippen molar-refractivity contribution in [1.29, 1.82) is 0 Å². The number of nitrogens with two attached hydrogens (primary N) is 1. The summed E-state index contributed by atoms with van der Waals surface area (Å²) >= 11 is 12.2. The molecule has 1 aromatic carbocycles. The van der Waals surface area contributed by atoms with E-state index in [9.17, 15) is 9.59 Å². The van der Waals surface area contributed by atoms with Gasteiger partial charge in [-0.05, 0) is 38.5 Å². The summed E-state index contributed by atoms with van der Waals surface area (Å²) in [4.78, 5) is 36.5. The van der Waals surface area contributed by atoms with Gasteiger partial charge >= 0.3 is 6.09 Å². The van der Waals surface area contributed by atoms with Crippen molar-refractivity contribution in [2.24, 2.45) is 5.73 Å². The number of primary amides is 1. The quantitative estimate of drug-likeness (QED) is 0.672. The number of anilines is 2. The van der Waals surface area contributed by atoms with Crippen molar-refractivity contribution in [1.82, 2.24) is 14.9 Å². The Morgan fingerprint density at radius 1 is 1.19 bits per heavy atom. The van der Waals surface area contributed by atoms with E-state index in [1.54, 1.807) is 23.1 Å². The highest BCUT2D eigenvalue weighted by Gasteiger charge is 2.27. The Balaban J connectivity index is 1.70. The Morgan fingerprint density at radius 2 is 1.88 bits per heavy atom. The van der Waals surface area contributed by atoms with Gasteiger partial charge in [0.1, 0.15) is 11.4 Å². The van der Waals surface area contributed by atoms with E-state index in [0.717, 1.165) is 5.56 Å². The fourth-order valence-electron chi connectivity index (χ4n) is 3.10. The molecule has 2 aromatic rings. The lowest BCUT2D eigenvalue weighted by atomic mass is 10.2. The van der Waals surface area contributed by atoms with E-state index in [4.69, 9.17) is 33.7 Å². The summed E-state index contributed by atoms with van der Waals surface area (Å²) in [5.74, 6) is 0.0997. The van der Waals surface area contributed by atoms with Crippen LogP contribution in [0.5, 0.6) is 0 Å². The second-order valence-corrected chi connectivity index (χ2v) is 9.18. The number of benzene rings is 1. The number of aromatic nitrogens is 2. The summed E-state index contributed by atoms with van der Waals surface area (Å²) in [6.45, 7) is 7.81. The summed E-state index contributed by atoms with van der Waals surface area (Å²) in [6.07, 6.45) is 1.06. The summed E-state index contributed by atoms with van der Waals surface area (Å²) in [7, 11) is 0. The molecule has 1 fully saturated rings. The van der Waals surface area contributed by atoms with Crippen LogP contribution in [0.15, 0.2) is 24.4 Å². The van der Waals surface area contributed by atoms with Gasteiger partial charge in [-0.25, -0.2) is 9.78 Å². The first-order valence-corrected chi connectivity index (χ1v) is 10.9. The average molecular weight is 481 g/mol. The maximum Gasteiger partial charge on any atom is 0.410 e. The number of ether oxygens (including phenoxy) is 1. The molecule has 0 bridgehead atoms. The first-order chi connectivity index (χ1) is 15.0. The number of hydrogen-bond donors (Lipinski definition) is 2. The second kappa shape index (κ2) is 9.79. The summed E-state index contributed by atoms with van der Waals surface area (Å²) < 4.78 is 5.43. The average Bonchev–Trinajstić information content (AvgIpc) is 2.71. The topological polar surface area (TPSA) is 114 Å². The van der Waals surface area contributed by atoms with Crippen molar-refractivity contribution in [2.45, 2.75) is 32.9 Å². The molecule has 11 heteroatoms. The van der Waals surface area contributed by atoms with Gasteiger partial charge in [0.15, 0.2) is 0 Å². The Labute approximate surface area is 196 Å². The normalized spacial score (nSPS) is 14.3. The van der Waals surface area contributed by atoms with Crippen molar-refractivity contribution in [3.05, 3.63) is 45.6 Å². The second-order valence-electron chi connectivity index (χ2n) is 8.34. The third-order valence-electron chi connectivity index (χ3n) is 4.72. The number of piperazine rings is 1. The Hall–Kier alpha value is -2.78. The van der Waals surface area contributed by atoms with Crippen molar-refractivity contribution >= 4 is 47.0 Å². The van der Waals surface area contributed by atoms with Gasteiger partial charge in [0.05, 0.1) is 5.56 Å². The van der Waals surface area contributed by atoms with E-state index in [1.165, 1.54) is 6.20 Å². The van der Waals surface area contributed by atoms with E-state index in [-0.39, 0.29) is 11.7 Å². The molecule has 3 rings (SSSR count). The van der Waals surface area contributed by atoms with Gasteiger partial charge in [0.25, 0.3) is 5.91 Å². The van der Waals surface area contributed by atoms with Crippen molar-refractivity contribution in [2.75, 3.05) is 36.4 Å². The summed E-state index contributed by atoms with van der Waals surface area (Å²) in [6, 6.07) is 5.17. The molecule has 0 aliphatic carbocycles. The number of hydrogen-bond acceptors (Lipinski definition) is 7. The standard InChI is InChI=1S/C21H26Cl2N6O3/c1-21(2,3)32-20(31)29-8-6-28(7-9-29)19-26-12-15(17(24)30)18(27-19)25-11-13-4-5-14(22)10-16(13)23/h4-5,10,12H,6-9,11H2,1-3H3,(H2,24,30)(H,25,26,27). The molecule has 0 spiro atoms. The van der Waals surface area contributed by atoms with Crippen LogP contribution in [0.1, 0.15) is 36.7 Å². The number of rotatable bonds is 5. The van der Waals surface area contributed by atoms with E-state index < -0.39 is 11.5 Å². The minimum absolute atomic E-state index is 0.172. The van der Waals surface area contributed by atoms with Crippen LogP contribution in [0.25, 0.3) is 0 Å². The van der Waals surface area contributed by atoms with Crippen LogP contribution in [0.4, 0.5) is 16.6 Å². The van der Waals surface area contributed by atoms with Gasteiger partial charge in [-0.3, -0.25) is 4.79 Å². The van der Waals surface area contributed by atoms with Gasteiger partial charge in [-0.2, -0.15) is 4.98 Å². The smallest absolute Gasteiger partial charge is 0.410 e. The third-order valence-corrected chi connectivity index (χ3v) is 5.30. The molecule has 1 saturated heterocycles. The molecule has 0 atom stereocenters. The predicted molar refractivity (Wildman–Crippen MR) is 124 cm³/mol. The molecule has 1 aliphatic rings. The molecule has 32 heavy (non-hydrogen) atoms. The fraction of sp³-hybridized carbons (Fsp3) is 0.429. The first-order valence-electron chi connectivity index (χ1n) is 10.1. The van der Waals surface area contributed by atoms with Crippen LogP contribution in [0.2, 0.25) is 10.0 Å².